The fraction of sp³-hybridized carbons (Fsp3) is 0.500. The number of methoxy groups -OCH3 is 2. The van der Waals surface area contributed by atoms with Crippen molar-refractivity contribution in [3.05, 3.63) is 29.8 Å². The highest BCUT2D eigenvalue weighted by Gasteiger charge is 2.00. The second kappa shape index (κ2) is 8.39. The van der Waals surface area contributed by atoms with Gasteiger partial charge in [-0.05, 0) is 24.6 Å². The zero-order valence-electron chi connectivity index (χ0n) is 10.0. The fourth-order valence-corrected chi connectivity index (χ4v) is 1.38. The lowest BCUT2D eigenvalue weighted by molar-refractivity contribution is 0.171. The minimum Gasteiger partial charge on any atom is -0.497 e. The summed E-state index contributed by atoms with van der Waals surface area (Å²) in [5.74, 6) is 0.897. The van der Waals surface area contributed by atoms with Crippen molar-refractivity contribution in [2.24, 2.45) is 0 Å². The van der Waals surface area contributed by atoms with Crippen LogP contribution in [0.15, 0.2) is 24.3 Å². The molecule has 0 spiro atoms. The number of hydrogen-bond acceptors (Lipinski definition) is 3. The highest BCUT2D eigenvalue weighted by atomic mass is 35.5. The average Bonchev–Trinajstić information content (AvgIpc) is 2.27. The average molecular weight is 246 g/mol. The molecular weight excluding hydrogens is 226 g/mol. The molecule has 0 aromatic heterocycles. The van der Waals surface area contributed by atoms with Crippen LogP contribution in [0.2, 0.25) is 0 Å². The van der Waals surface area contributed by atoms with Crippen LogP contribution in [0.25, 0.3) is 0 Å². The van der Waals surface area contributed by atoms with Gasteiger partial charge in [-0.1, -0.05) is 12.1 Å². The monoisotopic (exact) mass is 245 g/mol. The minimum atomic E-state index is 0. The van der Waals surface area contributed by atoms with E-state index in [-0.39, 0.29) is 12.4 Å². The summed E-state index contributed by atoms with van der Waals surface area (Å²) in [6, 6.07) is 8.42. The fourth-order valence-electron chi connectivity index (χ4n) is 1.38. The normalized spacial score (nSPS) is 11.7. The molecule has 92 valence electrons. The maximum absolute atomic E-state index is 5.16. The molecule has 1 atom stereocenters. The zero-order chi connectivity index (χ0) is 11.1. The van der Waals surface area contributed by atoms with Crippen LogP contribution in [0.4, 0.5) is 0 Å². The van der Waals surface area contributed by atoms with Gasteiger partial charge in [-0.25, -0.2) is 0 Å². The summed E-state index contributed by atoms with van der Waals surface area (Å²) >= 11 is 0. The number of benzene rings is 1. The third kappa shape index (κ3) is 5.35. The SMILES string of the molecule is COCC(C)NCc1cccc(OC)c1.Cl. The first-order chi connectivity index (χ1) is 7.26. The number of ether oxygens (including phenoxy) is 2. The van der Waals surface area contributed by atoms with Gasteiger partial charge in [-0.15, -0.1) is 12.4 Å². The predicted octanol–water partition coefficient (Wildman–Crippen LogP) is 2.24. The van der Waals surface area contributed by atoms with E-state index >= 15 is 0 Å². The molecule has 0 saturated heterocycles. The quantitative estimate of drug-likeness (QED) is 0.834. The molecule has 1 aromatic carbocycles. The van der Waals surface area contributed by atoms with Crippen molar-refractivity contribution >= 4 is 12.4 Å². The van der Waals surface area contributed by atoms with Gasteiger partial charge in [-0.3, -0.25) is 0 Å². The summed E-state index contributed by atoms with van der Waals surface area (Å²) in [5, 5.41) is 3.37. The lowest BCUT2D eigenvalue weighted by atomic mass is 10.2. The minimum absolute atomic E-state index is 0. The van der Waals surface area contributed by atoms with Crippen LogP contribution >= 0.6 is 12.4 Å². The molecule has 16 heavy (non-hydrogen) atoms. The third-order valence-corrected chi connectivity index (χ3v) is 2.21. The highest BCUT2D eigenvalue weighted by molar-refractivity contribution is 5.85. The van der Waals surface area contributed by atoms with Crippen molar-refractivity contribution in [1.29, 1.82) is 0 Å². The molecule has 1 N–H and O–H groups in total. The summed E-state index contributed by atoms with van der Waals surface area (Å²) in [7, 11) is 3.39. The molecule has 0 heterocycles. The Labute approximate surface area is 104 Å². The summed E-state index contributed by atoms with van der Waals surface area (Å²) in [5.41, 5.74) is 1.22. The van der Waals surface area contributed by atoms with E-state index in [0.29, 0.717) is 6.04 Å². The van der Waals surface area contributed by atoms with E-state index in [4.69, 9.17) is 9.47 Å². The molecule has 0 aliphatic rings. The first-order valence-corrected chi connectivity index (χ1v) is 5.11. The molecule has 0 fully saturated rings. The molecule has 1 unspecified atom stereocenters. The van der Waals surface area contributed by atoms with Gasteiger partial charge in [0.15, 0.2) is 0 Å². The summed E-state index contributed by atoms with van der Waals surface area (Å²) in [6.45, 7) is 3.66. The molecule has 4 heteroatoms. The molecule has 0 aliphatic heterocycles. The van der Waals surface area contributed by atoms with Crippen LogP contribution in [0.3, 0.4) is 0 Å². The second-order valence-electron chi connectivity index (χ2n) is 3.59. The summed E-state index contributed by atoms with van der Waals surface area (Å²) in [4.78, 5) is 0. The van der Waals surface area contributed by atoms with E-state index in [1.807, 2.05) is 18.2 Å². The topological polar surface area (TPSA) is 30.5 Å². The number of hydrogen-bond donors (Lipinski definition) is 1. The van der Waals surface area contributed by atoms with Crippen LogP contribution in [0.5, 0.6) is 5.75 Å². The van der Waals surface area contributed by atoms with Crippen molar-refractivity contribution in [2.75, 3.05) is 20.8 Å². The van der Waals surface area contributed by atoms with E-state index in [0.717, 1.165) is 18.9 Å². The van der Waals surface area contributed by atoms with E-state index in [9.17, 15) is 0 Å². The number of halogens is 1. The molecule has 0 aliphatic carbocycles. The van der Waals surface area contributed by atoms with Crippen LogP contribution in [0, 0.1) is 0 Å². The molecule has 0 bridgehead atoms. The van der Waals surface area contributed by atoms with Crippen molar-refractivity contribution in [3.8, 4) is 5.75 Å². The third-order valence-electron chi connectivity index (χ3n) is 2.21. The van der Waals surface area contributed by atoms with Crippen molar-refractivity contribution in [2.45, 2.75) is 19.5 Å². The number of rotatable bonds is 6. The van der Waals surface area contributed by atoms with Crippen LogP contribution in [-0.2, 0) is 11.3 Å². The van der Waals surface area contributed by atoms with Gasteiger partial charge in [0, 0.05) is 19.7 Å². The zero-order valence-corrected chi connectivity index (χ0v) is 10.8. The largest absolute Gasteiger partial charge is 0.497 e. The Kier molecular flexibility index (Phi) is 7.99. The highest BCUT2D eigenvalue weighted by Crippen LogP contribution is 2.12. The van der Waals surface area contributed by atoms with Gasteiger partial charge in [0.2, 0.25) is 0 Å². The molecule has 1 rings (SSSR count). The molecule has 1 aromatic rings. The molecule has 3 nitrogen and oxygen atoms in total. The molecular formula is C12H20ClNO2. The van der Waals surface area contributed by atoms with Crippen molar-refractivity contribution < 1.29 is 9.47 Å². The van der Waals surface area contributed by atoms with Gasteiger partial charge < -0.3 is 14.8 Å². The van der Waals surface area contributed by atoms with Crippen LogP contribution in [-0.4, -0.2) is 26.9 Å². The van der Waals surface area contributed by atoms with Gasteiger partial charge in [0.05, 0.1) is 13.7 Å². The molecule has 0 radical (unpaired) electrons. The van der Waals surface area contributed by atoms with Crippen molar-refractivity contribution in [1.82, 2.24) is 5.32 Å². The summed E-state index contributed by atoms with van der Waals surface area (Å²) in [6.07, 6.45) is 0. The van der Waals surface area contributed by atoms with E-state index in [1.165, 1.54) is 5.56 Å². The predicted molar refractivity (Wildman–Crippen MR) is 68.4 cm³/mol. The first kappa shape index (κ1) is 15.2. The Hall–Kier alpha value is -0.770. The van der Waals surface area contributed by atoms with Crippen LogP contribution < -0.4 is 10.1 Å². The second-order valence-corrected chi connectivity index (χ2v) is 3.59. The van der Waals surface area contributed by atoms with E-state index in [2.05, 4.69) is 18.3 Å². The van der Waals surface area contributed by atoms with Gasteiger partial charge in [0.25, 0.3) is 0 Å². The van der Waals surface area contributed by atoms with Crippen molar-refractivity contribution in [3.63, 3.8) is 0 Å². The smallest absolute Gasteiger partial charge is 0.119 e. The maximum Gasteiger partial charge on any atom is 0.119 e. The summed E-state index contributed by atoms with van der Waals surface area (Å²) < 4.78 is 10.2. The Balaban J connectivity index is 0.00000225. The standard InChI is InChI=1S/C12H19NO2.ClH/c1-10(9-14-2)13-8-11-5-4-6-12(7-11)15-3;/h4-7,10,13H,8-9H2,1-3H3;1H. The maximum atomic E-state index is 5.16. The Morgan fingerprint density at radius 3 is 2.69 bits per heavy atom. The lowest BCUT2D eigenvalue weighted by Crippen LogP contribution is -2.29. The van der Waals surface area contributed by atoms with Gasteiger partial charge in [-0.2, -0.15) is 0 Å². The van der Waals surface area contributed by atoms with E-state index in [1.54, 1.807) is 14.2 Å². The van der Waals surface area contributed by atoms with Gasteiger partial charge in [0.1, 0.15) is 5.75 Å². The number of nitrogens with one attached hydrogen (secondary N) is 1. The van der Waals surface area contributed by atoms with E-state index < -0.39 is 0 Å². The Morgan fingerprint density at radius 1 is 1.31 bits per heavy atom. The molecule has 0 amide bonds. The lowest BCUT2D eigenvalue weighted by Gasteiger charge is -2.12. The Bertz CT molecular complexity index is 294. The Morgan fingerprint density at radius 2 is 2.06 bits per heavy atom. The van der Waals surface area contributed by atoms with Gasteiger partial charge >= 0.3 is 0 Å². The van der Waals surface area contributed by atoms with Crippen LogP contribution in [0.1, 0.15) is 12.5 Å². The molecule has 0 saturated carbocycles. The first-order valence-electron chi connectivity index (χ1n) is 5.11.